The number of hydrogen-bond donors (Lipinski definition) is 2. The molecule has 0 saturated carbocycles. The summed E-state index contributed by atoms with van der Waals surface area (Å²) >= 11 is 1.22. The number of amides is 2. The number of nitro benzene ring substituents is 1. The second kappa shape index (κ2) is 7.92. The van der Waals surface area contributed by atoms with Crippen molar-refractivity contribution in [1.82, 2.24) is 10.9 Å². The van der Waals surface area contributed by atoms with Gasteiger partial charge in [-0.25, -0.2) is 0 Å². The van der Waals surface area contributed by atoms with Crippen molar-refractivity contribution < 1.29 is 24.0 Å². The van der Waals surface area contributed by atoms with Crippen LogP contribution in [0.1, 0.15) is 9.67 Å². The van der Waals surface area contributed by atoms with E-state index in [4.69, 9.17) is 9.47 Å². The zero-order valence-corrected chi connectivity index (χ0v) is 13.3. The lowest BCUT2D eigenvalue weighted by Gasteiger charge is -2.09. The number of benzene rings is 1. The van der Waals surface area contributed by atoms with Crippen LogP contribution in [0, 0.1) is 10.1 Å². The molecular formula is C14H13N3O6S. The predicted molar refractivity (Wildman–Crippen MR) is 85.1 cm³/mol. The Labute approximate surface area is 140 Å². The van der Waals surface area contributed by atoms with Crippen molar-refractivity contribution in [2.75, 3.05) is 13.7 Å². The average molecular weight is 351 g/mol. The summed E-state index contributed by atoms with van der Waals surface area (Å²) in [7, 11) is 1.38. The highest BCUT2D eigenvalue weighted by atomic mass is 32.1. The third-order valence-corrected chi connectivity index (χ3v) is 3.65. The van der Waals surface area contributed by atoms with Gasteiger partial charge in [-0.3, -0.25) is 30.6 Å². The first-order valence-corrected chi connectivity index (χ1v) is 7.47. The standard InChI is InChI=1S/C14H13N3O6S/c1-22-9-4-5-11(10(7-9)17(20)21)23-8-13(18)15-16-14(19)12-3-2-6-24-12/h2-7H,8H2,1H3,(H,15,18)(H,16,19). The maximum Gasteiger partial charge on any atom is 0.314 e. The van der Waals surface area contributed by atoms with Crippen molar-refractivity contribution in [2.24, 2.45) is 0 Å². The van der Waals surface area contributed by atoms with Gasteiger partial charge < -0.3 is 9.47 Å². The van der Waals surface area contributed by atoms with E-state index < -0.39 is 23.3 Å². The molecule has 24 heavy (non-hydrogen) atoms. The first-order chi connectivity index (χ1) is 11.5. The van der Waals surface area contributed by atoms with Crippen LogP contribution >= 0.6 is 11.3 Å². The Morgan fingerprint density at radius 1 is 1.29 bits per heavy atom. The number of rotatable bonds is 6. The van der Waals surface area contributed by atoms with Gasteiger partial charge in [0.15, 0.2) is 12.4 Å². The normalized spacial score (nSPS) is 9.88. The molecule has 0 radical (unpaired) electrons. The summed E-state index contributed by atoms with van der Waals surface area (Å²) in [6.45, 7) is -0.502. The summed E-state index contributed by atoms with van der Waals surface area (Å²) < 4.78 is 10.0. The molecule has 0 atom stereocenters. The molecule has 0 aliphatic rings. The molecule has 126 valence electrons. The topological polar surface area (TPSA) is 120 Å². The van der Waals surface area contributed by atoms with E-state index in [0.29, 0.717) is 10.6 Å². The maximum absolute atomic E-state index is 11.7. The lowest BCUT2D eigenvalue weighted by Crippen LogP contribution is -2.43. The monoisotopic (exact) mass is 351 g/mol. The van der Waals surface area contributed by atoms with Crippen LogP contribution in [0.4, 0.5) is 5.69 Å². The molecule has 10 heteroatoms. The molecule has 9 nitrogen and oxygen atoms in total. The number of nitro groups is 1. The molecule has 1 aromatic carbocycles. The molecule has 2 aromatic rings. The zero-order valence-electron chi connectivity index (χ0n) is 12.5. The smallest absolute Gasteiger partial charge is 0.314 e. The minimum Gasteiger partial charge on any atom is -0.496 e. The minimum atomic E-state index is -0.662. The van der Waals surface area contributed by atoms with Crippen molar-refractivity contribution in [3.63, 3.8) is 0 Å². The van der Waals surface area contributed by atoms with Gasteiger partial charge in [-0.2, -0.15) is 0 Å². The first kappa shape index (κ1) is 17.2. The first-order valence-electron chi connectivity index (χ1n) is 6.59. The Kier molecular flexibility index (Phi) is 5.68. The number of hydrogen-bond acceptors (Lipinski definition) is 7. The summed E-state index contributed by atoms with van der Waals surface area (Å²) in [4.78, 5) is 34.1. The molecular weight excluding hydrogens is 338 g/mol. The van der Waals surface area contributed by atoms with Crippen LogP contribution in [0.2, 0.25) is 0 Å². The lowest BCUT2D eigenvalue weighted by molar-refractivity contribution is -0.385. The molecule has 0 unspecified atom stereocenters. The van der Waals surface area contributed by atoms with Gasteiger partial charge in [0.1, 0.15) is 5.75 Å². The van der Waals surface area contributed by atoms with Gasteiger partial charge in [0.05, 0.1) is 23.0 Å². The van der Waals surface area contributed by atoms with Crippen LogP contribution in [0.3, 0.4) is 0 Å². The van der Waals surface area contributed by atoms with Gasteiger partial charge in [0, 0.05) is 0 Å². The van der Waals surface area contributed by atoms with Crippen LogP contribution in [-0.4, -0.2) is 30.5 Å². The van der Waals surface area contributed by atoms with Gasteiger partial charge in [-0.05, 0) is 23.6 Å². The molecule has 0 aliphatic carbocycles. The fraction of sp³-hybridized carbons (Fsp3) is 0.143. The molecule has 0 bridgehead atoms. The van der Waals surface area contributed by atoms with E-state index in [9.17, 15) is 19.7 Å². The highest BCUT2D eigenvalue weighted by molar-refractivity contribution is 7.12. The molecule has 1 aromatic heterocycles. The van der Waals surface area contributed by atoms with Crippen LogP contribution < -0.4 is 20.3 Å². The zero-order chi connectivity index (χ0) is 17.5. The minimum absolute atomic E-state index is 0.0828. The van der Waals surface area contributed by atoms with Crippen LogP contribution in [0.5, 0.6) is 11.5 Å². The summed E-state index contributed by atoms with van der Waals surface area (Å²) in [6.07, 6.45) is 0. The molecule has 0 spiro atoms. The number of carbonyl (C=O) groups is 2. The van der Waals surface area contributed by atoms with E-state index >= 15 is 0 Å². The summed E-state index contributed by atoms with van der Waals surface area (Å²) in [6, 6.07) is 7.29. The third kappa shape index (κ3) is 4.43. The second-order valence-corrected chi connectivity index (χ2v) is 5.31. The fourth-order valence-electron chi connectivity index (χ4n) is 1.66. The largest absolute Gasteiger partial charge is 0.496 e. The van der Waals surface area contributed by atoms with E-state index in [1.807, 2.05) is 0 Å². The quantitative estimate of drug-likeness (QED) is 0.601. The van der Waals surface area contributed by atoms with Crippen molar-refractivity contribution in [1.29, 1.82) is 0 Å². The highest BCUT2D eigenvalue weighted by Gasteiger charge is 2.18. The van der Waals surface area contributed by atoms with Gasteiger partial charge in [0.25, 0.3) is 11.8 Å². The number of carbonyl (C=O) groups excluding carboxylic acids is 2. The average Bonchev–Trinajstić information content (AvgIpc) is 3.12. The third-order valence-electron chi connectivity index (χ3n) is 2.78. The molecule has 2 amide bonds. The Bertz CT molecular complexity index is 747. The van der Waals surface area contributed by atoms with Crippen LogP contribution in [0.15, 0.2) is 35.7 Å². The number of thiophene rings is 1. The van der Waals surface area contributed by atoms with Gasteiger partial charge >= 0.3 is 5.69 Å². The highest BCUT2D eigenvalue weighted by Crippen LogP contribution is 2.30. The summed E-state index contributed by atoms with van der Waals surface area (Å²) in [5.74, 6) is -0.916. The van der Waals surface area contributed by atoms with Crippen molar-refractivity contribution in [3.05, 3.63) is 50.7 Å². The van der Waals surface area contributed by atoms with E-state index in [-0.39, 0.29) is 11.4 Å². The molecule has 2 rings (SSSR count). The van der Waals surface area contributed by atoms with Crippen molar-refractivity contribution >= 4 is 28.8 Å². The Balaban J connectivity index is 1.89. The van der Waals surface area contributed by atoms with Gasteiger partial charge in [-0.15, -0.1) is 11.3 Å². The number of hydrazine groups is 1. The molecule has 1 heterocycles. The van der Waals surface area contributed by atoms with Gasteiger partial charge in [-0.1, -0.05) is 6.07 Å². The van der Waals surface area contributed by atoms with Crippen LogP contribution in [-0.2, 0) is 4.79 Å². The molecule has 2 N–H and O–H groups in total. The number of ether oxygens (including phenoxy) is 2. The maximum atomic E-state index is 11.7. The number of nitrogens with zero attached hydrogens (tertiary/aromatic N) is 1. The van der Waals surface area contributed by atoms with Crippen molar-refractivity contribution in [2.45, 2.75) is 0 Å². The van der Waals surface area contributed by atoms with Crippen molar-refractivity contribution in [3.8, 4) is 11.5 Å². The summed E-state index contributed by atoms with van der Waals surface area (Å²) in [5, 5.41) is 12.7. The SMILES string of the molecule is COc1ccc(OCC(=O)NNC(=O)c2cccs2)c([N+](=O)[O-])c1. The van der Waals surface area contributed by atoms with E-state index in [2.05, 4.69) is 10.9 Å². The van der Waals surface area contributed by atoms with E-state index in [1.165, 1.54) is 36.6 Å². The van der Waals surface area contributed by atoms with Gasteiger partial charge in [0.2, 0.25) is 0 Å². The Morgan fingerprint density at radius 3 is 2.71 bits per heavy atom. The predicted octanol–water partition coefficient (Wildman–Crippen LogP) is 1.50. The Morgan fingerprint density at radius 2 is 2.08 bits per heavy atom. The van der Waals surface area contributed by atoms with E-state index in [0.717, 1.165) is 0 Å². The summed E-state index contributed by atoms with van der Waals surface area (Å²) in [5.41, 5.74) is 4.05. The number of nitrogens with one attached hydrogen (secondary N) is 2. The van der Waals surface area contributed by atoms with Crippen LogP contribution in [0.25, 0.3) is 0 Å². The molecule has 0 fully saturated rings. The molecule has 0 aliphatic heterocycles. The Hall–Kier alpha value is -3.14. The number of methoxy groups -OCH3 is 1. The molecule has 0 saturated heterocycles. The van der Waals surface area contributed by atoms with E-state index in [1.54, 1.807) is 17.5 Å². The lowest BCUT2D eigenvalue weighted by atomic mass is 10.3. The fourth-order valence-corrected chi connectivity index (χ4v) is 2.28. The second-order valence-electron chi connectivity index (χ2n) is 4.36.